The van der Waals surface area contributed by atoms with Crippen molar-refractivity contribution in [3.8, 4) is 0 Å². The van der Waals surface area contributed by atoms with Gasteiger partial charge in [0, 0.05) is 13.1 Å². The summed E-state index contributed by atoms with van der Waals surface area (Å²) in [6.07, 6.45) is -3.51. The van der Waals surface area contributed by atoms with E-state index in [1.54, 1.807) is 0 Å². The molecular weight excluding hydrogens is 281 g/mol. The molecule has 1 heterocycles. The highest BCUT2D eigenvalue weighted by Gasteiger charge is 2.34. The van der Waals surface area contributed by atoms with E-state index in [1.165, 1.54) is 12.1 Å². The molecule has 0 bridgehead atoms. The van der Waals surface area contributed by atoms with Crippen LogP contribution in [0.2, 0.25) is 0 Å². The Kier molecular flexibility index (Phi) is 5.24. The molecule has 0 spiro atoms. The van der Waals surface area contributed by atoms with Gasteiger partial charge in [0.1, 0.15) is 0 Å². The monoisotopic (exact) mass is 302 g/mol. The first-order chi connectivity index (χ1) is 9.97. The second kappa shape index (κ2) is 6.77. The van der Waals surface area contributed by atoms with E-state index in [0.717, 1.165) is 37.2 Å². The van der Waals surface area contributed by atoms with E-state index < -0.39 is 11.7 Å². The lowest BCUT2D eigenvalue weighted by molar-refractivity contribution is -0.137. The Morgan fingerprint density at radius 2 is 1.95 bits per heavy atom. The van der Waals surface area contributed by atoms with Gasteiger partial charge in [0.25, 0.3) is 0 Å². The van der Waals surface area contributed by atoms with Gasteiger partial charge in [0.15, 0.2) is 0 Å². The number of hydrogen-bond donors (Lipinski definition) is 1. The van der Waals surface area contributed by atoms with Crippen molar-refractivity contribution in [1.82, 2.24) is 4.90 Å². The summed E-state index contributed by atoms with van der Waals surface area (Å²) in [4.78, 5) is 2.24. The number of halogens is 3. The fourth-order valence-corrected chi connectivity index (χ4v) is 2.82. The fraction of sp³-hybridized carbons (Fsp3) is 0.600. The number of nitrogens with two attached hydrogens (primary N) is 1. The molecule has 1 saturated heterocycles. The minimum absolute atomic E-state index is 0.0778. The molecule has 0 amide bonds. The van der Waals surface area contributed by atoms with E-state index in [9.17, 15) is 13.2 Å². The fourth-order valence-electron chi connectivity index (χ4n) is 2.82. The number of hydrogen-bond acceptors (Lipinski definition) is 3. The molecule has 6 heteroatoms. The van der Waals surface area contributed by atoms with Crippen molar-refractivity contribution in [2.24, 2.45) is 5.73 Å². The maximum absolute atomic E-state index is 12.6. The quantitative estimate of drug-likeness (QED) is 0.929. The van der Waals surface area contributed by atoms with Crippen LogP contribution in [0.15, 0.2) is 24.3 Å². The van der Waals surface area contributed by atoms with Gasteiger partial charge in [-0.1, -0.05) is 19.1 Å². The molecule has 2 unspecified atom stereocenters. The van der Waals surface area contributed by atoms with Crippen LogP contribution < -0.4 is 5.73 Å². The average Bonchev–Trinajstić information content (AvgIpc) is 2.46. The maximum atomic E-state index is 12.6. The van der Waals surface area contributed by atoms with Gasteiger partial charge in [0.05, 0.1) is 24.3 Å². The third-order valence-corrected chi connectivity index (χ3v) is 3.78. The minimum atomic E-state index is -4.31. The van der Waals surface area contributed by atoms with Gasteiger partial charge >= 0.3 is 6.18 Å². The van der Waals surface area contributed by atoms with E-state index in [0.29, 0.717) is 13.2 Å². The van der Waals surface area contributed by atoms with Crippen LogP contribution >= 0.6 is 0 Å². The predicted octanol–water partition coefficient (Wildman–Crippen LogP) is 2.82. The van der Waals surface area contributed by atoms with Gasteiger partial charge < -0.3 is 10.5 Å². The predicted molar refractivity (Wildman–Crippen MR) is 74.8 cm³/mol. The number of nitrogens with zero attached hydrogens (tertiary/aromatic N) is 1. The van der Waals surface area contributed by atoms with E-state index in [-0.39, 0.29) is 12.1 Å². The van der Waals surface area contributed by atoms with Crippen molar-refractivity contribution in [3.63, 3.8) is 0 Å². The maximum Gasteiger partial charge on any atom is 0.416 e. The van der Waals surface area contributed by atoms with E-state index >= 15 is 0 Å². The first kappa shape index (κ1) is 16.3. The van der Waals surface area contributed by atoms with Crippen LogP contribution in [0.25, 0.3) is 0 Å². The van der Waals surface area contributed by atoms with Crippen molar-refractivity contribution >= 4 is 0 Å². The van der Waals surface area contributed by atoms with E-state index in [1.807, 2.05) is 0 Å². The number of morpholine rings is 1. The van der Waals surface area contributed by atoms with Crippen LogP contribution in [0.3, 0.4) is 0 Å². The van der Waals surface area contributed by atoms with Crippen LogP contribution in [0.1, 0.15) is 30.5 Å². The Balaban J connectivity index is 2.26. The topological polar surface area (TPSA) is 38.5 Å². The van der Waals surface area contributed by atoms with Crippen molar-refractivity contribution in [1.29, 1.82) is 0 Å². The van der Waals surface area contributed by atoms with Gasteiger partial charge in [-0.25, -0.2) is 0 Å². The molecule has 1 fully saturated rings. The summed E-state index contributed by atoms with van der Waals surface area (Å²) >= 11 is 0. The molecule has 1 aromatic rings. The molecule has 118 valence electrons. The zero-order valence-electron chi connectivity index (χ0n) is 12.1. The minimum Gasteiger partial charge on any atom is -0.374 e. The van der Waals surface area contributed by atoms with Gasteiger partial charge in [-0.15, -0.1) is 0 Å². The zero-order valence-corrected chi connectivity index (χ0v) is 12.1. The number of ether oxygens (including phenoxy) is 1. The lowest BCUT2D eigenvalue weighted by atomic mass is 9.96. The first-order valence-corrected chi connectivity index (χ1v) is 7.20. The van der Waals surface area contributed by atoms with Crippen LogP contribution in [0, 0.1) is 0 Å². The summed E-state index contributed by atoms with van der Waals surface area (Å²) < 4.78 is 43.6. The largest absolute Gasteiger partial charge is 0.416 e. The van der Waals surface area contributed by atoms with Gasteiger partial charge in [-0.05, 0) is 30.7 Å². The Hall–Kier alpha value is -1.11. The number of alkyl halides is 3. The van der Waals surface area contributed by atoms with Crippen LogP contribution in [0.4, 0.5) is 13.2 Å². The van der Waals surface area contributed by atoms with E-state index in [2.05, 4.69) is 11.8 Å². The van der Waals surface area contributed by atoms with Crippen LogP contribution in [-0.4, -0.2) is 37.2 Å². The molecule has 21 heavy (non-hydrogen) atoms. The second-order valence-corrected chi connectivity index (χ2v) is 5.25. The lowest BCUT2D eigenvalue weighted by Gasteiger charge is -2.41. The van der Waals surface area contributed by atoms with Crippen molar-refractivity contribution in [2.45, 2.75) is 31.7 Å². The Morgan fingerprint density at radius 1 is 1.29 bits per heavy atom. The molecule has 0 aromatic heterocycles. The summed E-state index contributed by atoms with van der Waals surface area (Å²) in [7, 11) is 0. The van der Waals surface area contributed by atoms with Gasteiger partial charge in [0.2, 0.25) is 0 Å². The third kappa shape index (κ3) is 3.75. The average molecular weight is 302 g/mol. The molecular formula is C15H21F3N2O. The van der Waals surface area contributed by atoms with Crippen molar-refractivity contribution in [2.75, 3.05) is 26.2 Å². The summed E-state index contributed by atoms with van der Waals surface area (Å²) in [5, 5.41) is 0. The standard InChI is InChI=1S/C15H21F3N2O/c1-2-7-20-8-9-21-13(10-19)14(20)11-3-5-12(6-4-11)15(16,17)18/h3-6,13-14H,2,7-10,19H2,1H3. The lowest BCUT2D eigenvalue weighted by Crippen LogP contribution is -2.48. The van der Waals surface area contributed by atoms with Crippen molar-refractivity contribution in [3.05, 3.63) is 35.4 Å². The normalized spacial score (nSPS) is 24.2. The third-order valence-electron chi connectivity index (χ3n) is 3.78. The number of benzene rings is 1. The second-order valence-electron chi connectivity index (χ2n) is 5.25. The van der Waals surface area contributed by atoms with Crippen LogP contribution in [0.5, 0.6) is 0 Å². The zero-order chi connectivity index (χ0) is 15.5. The molecule has 2 atom stereocenters. The van der Waals surface area contributed by atoms with Crippen LogP contribution in [-0.2, 0) is 10.9 Å². The van der Waals surface area contributed by atoms with Gasteiger partial charge in [-0.2, -0.15) is 13.2 Å². The molecule has 2 rings (SSSR count). The van der Waals surface area contributed by atoms with Gasteiger partial charge in [-0.3, -0.25) is 4.90 Å². The number of rotatable bonds is 4. The molecule has 3 nitrogen and oxygen atoms in total. The van der Waals surface area contributed by atoms with Crippen molar-refractivity contribution < 1.29 is 17.9 Å². The molecule has 0 saturated carbocycles. The Bertz CT molecular complexity index is 445. The molecule has 2 N–H and O–H groups in total. The molecule has 1 aliphatic heterocycles. The summed E-state index contributed by atoms with van der Waals surface area (Å²) in [6.45, 7) is 4.70. The highest BCUT2D eigenvalue weighted by atomic mass is 19.4. The summed E-state index contributed by atoms with van der Waals surface area (Å²) in [5.41, 5.74) is 5.95. The molecule has 1 aliphatic rings. The van der Waals surface area contributed by atoms with E-state index in [4.69, 9.17) is 10.5 Å². The SMILES string of the molecule is CCCN1CCOC(CN)C1c1ccc(C(F)(F)F)cc1. The Labute approximate surface area is 122 Å². The molecule has 0 radical (unpaired) electrons. The highest BCUT2D eigenvalue weighted by Crippen LogP contribution is 2.33. The first-order valence-electron chi connectivity index (χ1n) is 7.20. The highest BCUT2D eigenvalue weighted by molar-refractivity contribution is 5.28. The summed E-state index contributed by atoms with van der Waals surface area (Å²) in [5.74, 6) is 0. The molecule has 0 aliphatic carbocycles. The smallest absolute Gasteiger partial charge is 0.374 e. The Morgan fingerprint density at radius 3 is 2.48 bits per heavy atom. The molecule has 1 aromatic carbocycles. The summed E-state index contributed by atoms with van der Waals surface area (Å²) in [6, 6.07) is 5.25.